The Hall–Kier alpha value is -1.80. The number of likely N-dealkylation sites (N-methyl/N-ethyl adjacent to an activating group) is 1. The summed E-state index contributed by atoms with van der Waals surface area (Å²) in [6.07, 6.45) is 0.627. The van der Waals surface area contributed by atoms with E-state index in [2.05, 4.69) is 15.5 Å². The second-order valence-electron chi connectivity index (χ2n) is 6.72. The fourth-order valence-corrected chi connectivity index (χ4v) is 4.67. The van der Waals surface area contributed by atoms with Crippen LogP contribution >= 0.6 is 0 Å². The standard InChI is InChI=1S/C18H30N4O3S/c1-5-19-18(21-15-10-11-26(23,24)13-15)20-12-17(22(2)3)14-6-8-16(25-4)9-7-14/h6-9,15,17H,5,10-13H2,1-4H3,(H2,19,20,21). The van der Waals surface area contributed by atoms with Gasteiger partial charge in [-0.1, -0.05) is 12.1 Å². The number of ether oxygens (including phenoxy) is 1. The molecule has 1 aliphatic heterocycles. The van der Waals surface area contributed by atoms with Crippen LogP contribution in [0.5, 0.6) is 5.75 Å². The number of sulfone groups is 1. The first-order valence-corrected chi connectivity index (χ1v) is 10.7. The lowest BCUT2D eigenvalue weighted by molar-refractivity contribution is 0.306. The third kappa shape index (κ3) is 5.88. The highest BCUT2D eigenvalue weighted by atomic mass is 32.2. The molecule has 1 saturated heterocycles. The maximum atomic E-state index is 11.7. The zero-order chi connectivity index (χ0) is 19.2. The number of rotatable bonds is 7. The molecule has 2 atom stereocenters. The molecule has 1 fully saturated rings. The molecule has 1 aromatic carbocycles. The quantitative estimate of drug-likeness (QED) is 0.542. The highest BCUT2D eigenvalue weighted by Gasteiger charge is 2.28. The number of methoxy groups -OCH3 is 1. The summed E-state index contributed by atoms with van der Waals surface area (Å²) in [4.78, 5) is 6.81. The van der Waals surface area contributed by atoms with Crippen LogP contribution < -0.4 is 15.4 Å². The van der Waals surface area contributed by atoms with Crippen LogP contribution in [0.4, 0.5) is 0 Å². The largest absolute Gasteiger partial charge is 0.497 e. The molecule has 146 valence electrons. The zero-order valence-electron chi connectivity index (χ0n) is 16.0. The lowest BCUT2D eigenvalue weighted by Crippen LogP contribution is -2.44. The molecule has 0 aromatic heterocycles. The first-order chi connectivity index (χ1) is 12.3. The Morgan fingerprint density at radius 3 is 2.54 bits per heavy atom. The molecule has 7 nitrogen and oxygen atoms in total. The molecule has 2 unspecified atom stereocenters. The van der Waals surface area contributed by atoms with Crippen molar-refractivity contribution in [3.8, 4) is 5.75 Å². The number of nitrogens with zero attached hydrogens (tertiary/aromatic N) is 2. The maximum Gasteiger partial charge on any atom is 0.191 e. The number of hydrogen-bond donors (Lipinski definition) is 2. The Balaban J connectivity index is 2.08. The average molecular weight is 383 g/mol. The van der Waals surface area contributed by atoms with Crippen LogP contribution in [0.15, 0.2) is 29.3 Å². The first-order valence-electron chi connectivity index (χ1n) is 8.90. The van der Waals surface area contributed by atoms with Crippen LogP contribution in [-0.4, -0.2) is 71.1 Å². The minimum Gasteiger partial charge on any atom is -0.497 e. The number of nitrogens with one attached hydrogen (secondary N) is 2. The number of guanidine groups is 1. The molecule has 0 saturated carbocycles. The lowest BCUT2D eigenvalue weighted by atomic mass is 10.1. The van der Waals surface area contributed by atoms with E-state index >= 15 is 0 Å². The topological polar surface area (TPSA) is 83.0 Å². The molecule has 1 aliphatic rings. The molecule has 2 N–H and O–H groups in total. The van der Waals surface area contributed by atoms with Crippen molar-refractivity contribution in [3.05, 3.63) is 29.8 Å². The summed E-state index contributed by atoms with van der Waals surface area (Å²) in [7, 11) is 2.78. The molecule has 0 bridgehead atoms. The van der Waals surface area contributed by atoms with E-state index in [1.807, 2.05) is 45.3 Å². The third-order valence-corrected chi connectivity index (χ3v) is 6.23. The van der Waals surface area contributed by atoms with Gasteiger partial charge in [0.15, 0.2) is 15.8 Å². The van der Waals surface area contributed by atoms with Crippen molar-refractivity contribution in [1.29, 1.82) is 0 Å². The zero-order valence-corrected chi connectivity index (χ0v) is 16.8. The van der Waals surface area contributed by atoms with Gasteiger partial charge in [-0.25, -0.2) is 8.42 Å². The fourth-order valence-electron chi connectivity index (χ4n) is 2.99. The summed E-state index contributed by atoms with van der Waals surface area (Å²) >= 11 is 0. The second kappa shape index (κ2) is 9.23. The van der Waals surface area contributed by atoms with Gasteiger partial charge in [-0.2, -0.15) is 0 Å². The molecule has 1 heterocycles. The van der Waals surface area contributed by atoms with E-state index in [1.165, 1.54) is 0 Å². The van der Waals surface area contributed by atoms with E-state index in [-0.39, 0.29) is 23.6 Å². The van der Waals surface area contributed by atoms with Gasteiger partial charge in [0.2, 0.25) is 0 Å². The van der Waals surface area contributed by atoms with Gasteiger partial charge >= 0.3 is 0 Å². The molecular weight excluding hydrogens is 352 g/mol. The van der Waals surface area contributed by atoms with Crippen LogP contribution in [0.2, 0.25) is 0 Å². The second-order valence-corrected chi connectivity index (χ2v) is 8.95. The van der Waals surface area contributed by atoms with Crippen molar-refractivity contribution in [3.63, 3.8) is 0 Å². The van der Waals surface area contributed by atoms with Gasteiger partial charge in [0, 0.05) is 12.6 Å². The van der Waals surface area contributed by atoms with Gasteiger partial charge in [-0.05, 0) is 45.1 Å². The van der Waals surface area contributed by atoms with Crippen molar-refractivity contribution in [1.82, 2.24) is 15.5 Å². The Bertz CT molecular complexity index is 702. The van der Waals surface area contributed by atoms with Crippen molar-refractivity contribution in [2.75, 3.05) is 45.8 Å². The van der Waals surface area contributed by atoms with Gasteiger partial charge in [-0.15, -0.1) is 0 Å². The Morgan fingerprint density at radius 1 is 1.35 bits per heavy atom. The van der Waals surface area contributed by atoms with Crippen molar-refractivity contribution < 1.29 is 13.2 Å². The SMILES string of the molecule is CCNC(=NCC(c1ccc(OC)cc1)N(C)C)NC1CCS(=O)(=O)C1. The number of hydrogen-bond acceptors (Lipinski definition) is 5. The van der Waals surface area contributed by atoms with Crippen LogP contribution in [0, 0.1) is 0 Å². The number of benzene rings is 1. The van der Waals surface area contributed by atoms with Crippen molar-refractivity contribution in [2.45, 2.75) is 25.4 Å². The minimum atomic E-state index is -2.92. The van der Waals surface area contributed by atoms with Crippen molar-refractivity contribution >= 4 is 15.8 Å². The van der Waals surface area contributed by atoms with Crippen LogP contribution in [0.3, 0.4) is 0 Å². The van der Waals surface area contributed by atoms with Crippen LogP contribution in [-0.2, 0) is 9.84 Å². The van der Waals surface area contributed by atoms with Crippen molar-refractivity contribution in [2.24, 2.45) is 4.99 Å². The van der Waals surface area contributed by atoms with Gasteiger partial charge < -0.3 is 20.3 Å². The number of aliphatic imine (C=N–C) groups is 1. The Kier molecular flexibility index (Phi) is 7.28. The van der Waals surface area contributed by atoms with E-state index < -0.39 is 9.84 Å². The van der Waals surface area contributed by atoms with Gasteiger partial charge in [0.25, 0.3) is 0 Å². The third-order valence-electron chi connectivity index (χ3n) is 4.46. The van der Waals surface area contributed by atoms with Crippen LogP contribution in [0.1, 0.15) is 24.9 Å². The molecule has 2 rings (SSSR count). The smallest absolute Gasteiger partial charge is 0.191 e. The molecule has 0 amide bonds. The summed E-state index contributed by atoms with van der Waals surface area (Å²) in [6.45, 7) is 3.28. The molecule has 26 heavy (non-hydrogen) atoms. The highest BCUT2D eigenvalue weighted by Crippen LogP contribution is 2.21. The predicted octanol–water partition coefficient (Wildman–Crippen LogP) is 1.04. The molecule has 0 radical (unpaired) electrons. The summed E-state index contributed by atoms with van der Waals surface area (Å²) in [5.41, 5.74) is 1.15. The molecule has 0 spiro atoms. The Morgan fingerprint density at radius 2 is 2.04 bits per heavy atom. The normalized spacial score (nSPS) is 20.8. The Labute approximate surface area is 156 Å². The molecular formula is C18H30N4O3S. The van der Waals surface area contributed by atoms with Gasteiger partial charge in [0.05, 0.1) is 31.2 Å². The van der Waals surface area contributed by atoms with E-state index in [4.69, 9.17) is 9.73 Å². The summed E-state index contributed by atoms with van der Waals surface area (Å²) < 4.78 is 28.5. The van der Waals surface area contributed by atoms with Crippen LogP contribution in [0.25, 0.3) is 0 Å². The van der Waals surface area contributed by atoms with E-state index in [0.29, 0.717) is 18.9 Å². The van der Waals surface area contributed by atoms with Gasteiger partial charge in [0.1, 0.15) is 5.75 Å². The maximum absolute atomic E-state index is 11.7. The minimum absolute atomic E-state index is 0.0726. The van der Waals surface area contributed by atoms with E-state index in [0.717, 1.165) is 17.9 Å². The monoisotopic (exact) mass is 382 g/mol. The summed E-state index contributed by atoms with van der Waals surface area (Å²) in [6, 6.07) is 8.02. The summed E-state index contributed by atoms with van der Waals surface area (Å²) in [5.74, 6) is 1.91. The average Bonchev–Trinajstić information content (AvgIpc) is 2.94. The van der Waals surface area contributed by atoms with E-state index in [9.17, 15) is 8.42 Å². The molecule has 0 aliphatic carbocycles. The fraction of sp³-hybridized carbons (Fsp3) is 0.611. The highest BCUT2D eigenvalue weighted by molar-refractivity contribution is 7.91. The molecule has 1 aromatic rings. The van der Waals surface area contributed by atoms with E-state index in [1.54, 1.807) is 7.11 Å². The lowest BCUT2D eigenvalue weighted by Gasteiger charge is -2.24. The predicted molar refractivity (Wildman–Crippen MR) is 106 cm³/mol. The van der Waals surface area contributed by atoms with Gasteiger partial charge in [-0.3, -0.25) is 4.99 Å². The molecule has 8 heteroatoms. The first kappa shape index (κ1) is 20.5. The summed E-state index contributed by atoms with van der Waals surface area (Å²) in [5, 5.41) is 6.46.